The van der Waals surface area contributed by atoms with Gasteiger partial charge in [-0.2, -0.15) is 0 Å². The van der Waals surface area contributed by atoms with Crippen molar-refractivity contribution in [3.63, 3.8) is 0 Å². The molecule has 0 radical (unpaired) electrons. The molecule has 3 unspecified atom stereocenters. The van der Waals surface area contributed by atoms with Crippen molar-refractivity contribution in [2.45, 2.75) is 66.4 Å². The molecule has 0 spiro atoms. The largest absolute Gasteiger partial charge is 0.462 e. The number of rotatable bonds is 4. The van der Waals surface area contributed by atoms with Gasteiger partial charge in [0.25, 0.3) is 0 Å². The molecule has 0 aromatic rings. The topological polar surface area (TPSA) is 52.3 Å². The van der Waals surface area contributed by atoms with E-state index >= 15 is 0 Å². The van der Waals surface area contributed by atoms with Crippen LogP contribution in [0.3, 0.4) is 0 Å². The molecule has 0 amide bonds. The molecule has 18 heavy (non-hydrogen) atoms. The summed E-state index contributed by atoms with van der Waals surface area (Å²) in [5.74, 6) is 0.500. The molecule has 2 N–H and O–H groups in total. The zero-order valence-electron chi connectivity index (χ0n) is 12.6. The van der Waals surface area contributed by atoms with Crippen LogP contribution >= 0.6 is 0 Å². The Balaban J connectivity index is 2.64. The Morgan fingerprint density at radius 1 is 1.44 bits per heavy atom. The molecule has 0 aromatic heterocycles. The van der Waals surface area contributed by atoms with Crippen molar-refractivity contribution in [2.24, 2.45) is 22.5 Å². The number of ether oxygens (including phenoxy) is 1. The average Bonchev–Trinajstić information content (AvgIpc) is 2.24. The molecule has 106 valence electrons. The highest BCUT2D eigenvalue weighted by molar-refractivity contribution is 5.76. The van der Waals surface area contributed by atoms with E-state index in [1.54, 1.807) is 0 Å². The lowest BCUT2D eigenvalue weighted by atomic mass is 9.71. The van der Waals surface area contributed by atoms with Crippen LogP contribution < -0.4 is 5.73 Å². The minimum absolute atomic E-state index is 0.0636. The maximum absolute atomic E-state index is 12.2. The molecule has 0 aromatic carbocycles. The summed E-state index contributed by atoms with van der Waals surface area (Å²) in [5, 5.41) is 0. The Hall–Kier alpha value is -0.570. The molecule has 0 heterocycles. The van der Waals surface area contributed by atoms with E-state index in [1.165, 1.54) is 6.42 Å². The van der Waals surface area contributed by atoms with Crippen molar-refractivity contribution in [3.8, 4) is 0 Å². The molecule has 1 saturated carbocycles. The third-order valence-corrected chi connectivity index (χ3v) is 4.34. The van der Waals surface area contributed by atoms with Crippen LogP contribution in [0.5, 0.6) is 0 Å². The molecule has 1 aliphatic carbocycles. The molecular formula is C15H29NO2. The maximum Gasteiger partial charge on any atom is 0.313 e. The highest BCUT2D eigenvalue weighted by Gasteiger charge is 2.38. The molecule has 0 aliphatic heterocycles. The van der Waals surface area contributed by atoms with Gasteiger partial charge >= 0.3 is 5.97 Å². The number of hydrogen-bond donors (Lipinski definition) is 1. The van der Waals surface area contributed by atoms with Gasteiger partial charge < -0.3 is 10.5 Å². The van der Waals surface area contributed by atoms with Crippen LogP contribution in [0.25, 0.3) is 0 Å². The monoisotopic (exact) mass is 255 g/mol. The third-order valence-electron chi connectivity index (χ3n) is 4.34. The number of hydrogen-bond acceptors (Lipinski definition) is 3. The van der Waals surface area contributed by atoms with Gasteiger partial charge in [-0.25, -0.2) is 0 Å². The summed E-state index contributed by atoms with van der Waals surface area (Å²) in [6.45, 7) is 11.0. The Morgan fingerprint density at radius 3 is 2.50 bits per heavy atom. The lowest BCUT2D eigenvalue weighted by Gasteiger charge is -2.39. The average molecular weight is 255 g/mol. The lowest BCUT2D eigenvalue weighted by molar-refractivity contribution is -0.164. The molecule has 3 nitrogen and oxygen atoms in total. The fourth-order valence-corrected chi connectivity index (χ4v) is 3.01. The summed E-state index contributed by atoms with van der Waals surface area (Å²) in [7, 11) is 0. The van der Waals surface area contributed by atoms with Gasteiger partial charge in [-0.05, 0) is 43.9 Å². The molecule has 3 heteroatoms. The van der Waals surface area contributed by atoms with Gasteiger partial charge in [0.15, 0.2) is 0 Å². The van der Waals surface area contributed by atoms with E-state index < -0.39 is 5.41 Å². The van der Waals surface area contributed by atoms with Crippen LogP contribution in [0.1, 0.15) is 60.3 Å². The van der Waals surface area contributed by atoms with Crippen LogP contribution in [0.4, 0.5) is 0 Å². The predicted octanol–water partition coefficient (Wildman–Crippen LogP) is 3.12. The Bertz CT molecular complexity index is 295. The molecular weight excluding hydrogens is 226 g/mol. The van der Waals surface area contributed by atoms with Crippen molar-refractivity contribution in [2.75, 3.05) is 6.54 Å². The number of esters is 1. The smallest absolute Gasteiger partial charge is 0.313 e. The molecule has 1 rings (SSSR count). The van der Waals surface area contributed by atoms with Gasteiger partial charge in [0, 0.05) is 6.54 Å². The van der Waals surface area contributed by atoms with E-state index in [0.717, 1.165) is 19.3 Å². The second-order valence-corrected chi connectivity index (χ2v) is 7.06. The van der Waals surface area contributed by atoms with Crippen LogP contribution in [0, 0.1) is 16.7 Å². The molecule has 1 aliphatic rings. The van der Waals surface area contributed by atoms with Crippen molar-refractivity contribution in [1.82, 2.24) is 0 Å². The first-order valence-electron chi connectivity index (χ1n) is 7.13. The molecule has 1 fully saturated rings. The maximum atomic E-state index is 12.2. The van der Waals surface area contributed by atoms with E-state index in [0.29, 0.717) is 12.5 Å². The second-order valence-electron chi connectivity index (χ2n) is 7.06. The first-order valence-corrected chi connectivity index (χ1v) is 7.13. The molecule has 0 saturated heterocycles. The summed E-state index contributed by atoms with van der Waals surface area (Å²) in [6, 6.07) is 0. The highest BCUT2D eigenvalue weighted by atomic mass is 16.5. The quantitative estimate of drug-likeness (QED) is 0.785. The van der Waals surface area contributed by atoms with Gasteiger partial charge in [0.2, 0.25) is 0 Å². The first-order chi connectivity index (χ1) is 8.22. The van der Waals surface area contributed by atoms with Gasteiger partial charge in [-0.1, -0.05) is 27.7 Å². The number of nitrogens with two attached hydrogens (primary N) is 1. The van der Waals surface area contributed by atoms with Gasteiger partial charge in [0.1, 0.15) is 6.10 Å². The Labute approximate surface area is 111 Å². The van der Waals surface area contributed by atoms with Crippen molar-refractivity contribution < 1.29 is 9.53 Å². The van der Waals surface area contributed by atoms with Crippen molar-refractivity contribution in [3.05, 3.63) is 0 Å². The Morgan fingerprint density at radius 2 is 2.06 bits per heavy atom. The summed E-state index contributed by atoms with van der Waals surface area (Å²) < 4.78 is 5.73. The normalized spacial score (nSPS) is 30.6. The van der Waals surface area contributed by atoms with Gasteiger partial charge in [0.05, 0.1) is 5.41 Å². The standard InChI is InChI=1S/C15H29NO2/c1-6-15(5,10-16)13(17)18-12-7-11(2)8-14(3,4)9-12/h11-12H,6-10,16H2,1-5H3. The minimum atomic E-state index is -0.523. The van der Waals surface area contributed by atoms with E-state index in [1.807, 2.05) is 13.8 Å². The molecule has 3 atom stereocenters. The fraction of sp³-hybridized carbons (Fsp3) is 0.933. The van der Waals surface area contributed by atoms with E-state index in [9.17, 15) is 4.79 Å². The number of carbonyl (C=O) groups excluding carboxylic acids is 1. The van der Waals surface area contributed by atoms with Gasteiger partial charge in [-0.3, -0.25) is 4.79 Å². The molecule has 0 bridgehead atoms. The fourth-order valence-electron chi connectivity index (χ4n) is 3.01. The highest BCUT2D eigenvalue weighted by Crippen LogP contribution is 2.40. The summed E-state index contributed by atoms with van der Waals surface area (Å²) in [4.78, 5) is 12.2. The zero-order chi connectivity index (χ0) is 14.0. The Kier molecular flexibility index (Phi) is 4.82. The van der Waals surface area contributed by atoms with E-state index in [2.05, 4.69) is 20.8 Å². The van der Waals surface area contributed by atoms with Crippen LogP contribution in [0.2, 0.25) is 0 Å². The minimum Gasteiger partial charge on any atom is -0.462 e. The number of carbonyl (C=O) groups is 1. The lowest BCUT2D eigenvalue weighted by Crippen LogP contribution is -2.41. The van der Waals surface area contributed by atoms with Gasteiger partial charge in [-0.15, -0.1) is 0 Å². The van der Waals surface area contributed by atoms with E-state index in [-0.39, 0.29) is 17.5 Å². The van der Waals surface area contributed by atoms with E-state index in [4.69, 9.17) is 10.5 Å². The van der Waals surface area contributed by atoms with Crippen LogP contribution in [-0.4, -0.2) is 18.6 Å². The summed E-state index contributed by atoms with van der Waals surface area (Å²) in [6.07, 6.45) is 3.96. The summed E-state index contributed by atoms with van der Waals surface area (Å²) in [5.41, 5.74) is 5.45. The zero-order valence-corrected chi connectivity index (χ0v) is 12.6. The van der Waals surface area contributed by atoms with Crippen molar-refractivity contribution >= 4 is 5.97 Å². The SMILES string of the molecule is CCC(C)(CN)C(=O)OC1CC(C)CC(C)(C)C1. The third kappa shape index (κ3) is 3.71. The summed E-state index contributed by atoms with van der Waals surface area (Å²) >= 11 is 0. The van der Waals surface area contributed by atoms with Crippen LogP contribution in [-0.2, 0) is 9.53 Å². The first kappa shape index (κ1) is 15.5. The predicted molar refractivity (Wildman–Crippen MR) is 74.1 cm³/mol. The van der Waals surface area contributed by atoms with Crippen molar-refractivity contribution in [1.29, 1.82) is 0 Å². The van der Waals surface area contributed by atoms with Crippen LogP contribution in [0.15, 0.2) is 0 Å². The second kappa shape index (κ2) is 5.60.